The molecule has 6 aromatic heterocycles. The molecule has 6 N–H and O–H groups in total. The lowest BCUT2D eigenvalue weighted by molar-refractivity contribution is -0.144. The maximum Gasteiger partial charge on any atom is 0.307 e. The second-order valence-electron chi connectivity index (χ2n) is 19.3. The zero-order valence-electron chi connectivity index (χ0n) is 39.2. The molecule has 70 heavy (non-hydrogen) atoms. The Bertz CT molecular complexity index is 2480. The number of hydrogen-bond acceptors (Lipinski definition) is 13. The first-order valence-corrected chi connectivity index (χ1v) is 24.3. The fraction of sp³-hybridized carbons (Fsp3) is 0.389. The number of nitrogens with one attached hydrogen (secondary N) is 3. The summed E-state index contributed by atoms with van der Waals surface area (Å²) in [6.45, 7) is 6.09. The summed E-state index contributed by atoms with van der Waals surface area (Å²) in [6.07, 6.45) is 25.3. The van der Waals surface area contributed by atoms with Crippen LogP contribution in [0.25, 0.3) is 33.4 Å². The molecule has 16 nitrogen and oxygen atoms in total. The summed E-state index contributed by atoms with van der Waals surface area (Å²) in [5.41, 5.74) is 10.7. The predicted octanol–water partition coefficient (Wildman–Crippen LogP) is 5.82. The zero-order valence-corrected chi connectivity index (χ0v) is 39.2. The molecule has 0 bridgehead atoms. The highest BCUT2D eigenvalue weighted by atomic mass is 16.4. The summed E-state index contributed by atoms with van der Waals surface area (Å²) in [5, 5.41) is 40.3. The number of rotatable bonds is 21. The standard InChI is InChI=1S/C54H60N10O6/c65-52(66)49(40-1-4-55-22-40)13-34-7-43(25-58-16-34)46-10-37(19-61-28-46)31-64(32-38-11-47(29-62-20-38)44-8-35(17-59-26-44)14-50(53(67)68)41-2-5-56-23-41)33-39-12-48(30-63-21-39)45-9-36(18-60-27-45)15-51(54(69)70)42-3-6-57-24-42/h7-12,16-21,25-30,40-42,49-51,55-57H,1-6,13-15,22-24,31-33H2,(H,65,66)(H,67,68)(H,69,70). The highest BCUT2D eigenvalue weighted by Crippen LogP contribution is 2.30. The van der Waals surface area contributed by atoms with Crippen LogP contribution >= 0.6 is 0 Å². The fourth-order valence-corrected chi connectivity index (χ4v) is 10.6. The molecule has 9 heterocycles. The van der Waals surface area contributed by atoms with Gasteiger partial charge in [-0.15, -0.1) is 0 Å². The van der Waals surface area contributed by atoms with E-state index >= 15 is 0 Å². The maximum atomic E-state index is 12.3. The van der Waals surface area contributed by atoms with Crippen molar-refractivity contribution in [3.05, 3.63) is 144 Å². The van der Waals surface area contributed by atoms with E-state index in [1.807, 2.05) is 55.4 Å². The molecule has 6 atom stereocenters. The van der Waals surface area contributed by atoms with Gasteiger partial charge in [-0.3, -0.25) is 49.2 Å². The predicted molar refractivity (Wildman–Crippen MR) is 263 cm³/mol. The highest BCUT2D eigenvalue weighted by Gasteiger charge is 2.33. The number of pyridine rings is 6. The Morgan fingerprint density at radius 1 is 0.414 bits per heavy atom. The average Bonchev–Trinajstić information content (AvgIpc) is 4.21. The van der Waals surface area contributed by atoms with Gasteiger partial charge in [-0.2, -0.15) is 0 Å². The molecule has 16 heteroatoms. The molecule has 0 radical (unpaired) electrons. The van der Waals surface area contributed by atoms with E-state index in [1.54, 1.807) is 37.2 Å². The van der Waals surface area contributed by atoms with Crippen molar-refractivity contribution in [1.29, 1.82) is 0 Å². The van der Waals surface area contributed by atoms with Crippen molar-refractivity contribution < 1.29 is 29.7 Å². The highest BCUT2D eigenvalue weighted by molar-refractivity contribution is 5.73. The topological polar surface area (TPSA) is 229 Å². The van der Waals surface area contributed by atoms with Crippen LogP contribution in [0.2, 0.25) is 0 Å². The van der Waals surface area contributed by atoms with Crippen LogP contribution in [-0.2, 0) is 53.3 Å². The van der Waals surface area contributed by atoms with E-state index in [1.165, 1.54) is 0 Å². The Hall–Kier alpha value is -6.85. The maximum absolute atomic E-state index is 12.3. The van der Waals surface area contributed by atoms with E-state index in [-0.39, 0.29) is 17.8 Å². The van der Waals surface area contributed by atoms with Gasteiger partial charge in [0.05, 0.1) is 17.8 Å². The molecule has 9 rings (SSSR count). The molecule has 0 saturated carbocycles. The van der Waals surface area contributed by atoms with Crippen molar-refractivity contribution in [3.8, 4) is 33.4 Å². The number of aromatic nitrogens is 6. The van der Waals surface area contributed by atoms with E-state index in [2.05, 4.69) is 69.0 Å². The van der Waals surface area contributed by atoms with Crippen LogP contribution < -0.4 is 16.0 Å². The van der Waals surface area contributed by atoms with Crippen molar-refractivity contribution >= 4 is 17.9 Å². The van der Waals surface area contributed by atoms with E-state index in [4.69, 9.17) is 0 Å². The first kappa shape index (κ1) is 48.2. The van der Waals surface area contributed by atoms with Crippen LogP contribution in [-0.4, -0.2) is 107 Å². The van der Waals surface area contributed by atoms with Gasteiger partial charge in [0, 0.05) is 127 Å². The van der Waals surface area contributed by atoms with Crippen molar-refractivity contribution in [3.63, 3.8) is 0 Å². The Morgan fingerprint density at radius 3 is 0.886 bits per heavy atom. The van der Waals surface area contributed by atoms with Gasteiger partial charge in [0.1, 0.15) is 0 Å². The minimum Gasteiger partial charge on any atom is -0.481 e. The third-order valence-electron chi connectivity index (χ3n) is 14.3. The third-order valence-corrected chi connectivity index (χ3v) is 14.3. The van der Waals surface area contributed by atoms with Gasteiger partial charge in [-0.05, 0) is 165 Å². The second kappa shape index (κ2) is 22.7. The Morgan fingerprint density at radius 2 is 0.657 bits per heavy atom. The van der Waals surface area contributed by atoms with Gasteiger partial charge in [0.25, 0.3) is 0 Å². The van der Waals surface area contributed by atoms with Crippen LogP contribution in [0.3, 0.4) is 0 Å². The Labute approximate surface area is 407 Å². The van der Waals surface area contributed by atoms with E-state index in [9.17, 15) is 29.7 Å². The summed E-state index contributed by atoms with van der Waals surface area (Å²) in [6, 6.07) is 12.4. The van der Waals surface area contributed by atoms with Crippen molar-refractivity contribution in [2.45, 2.75) is 58.2 Å². The summed E-state index contributed by atoms with van der Waals surface area (Å²) in [4.78, 5) is 66.9. The van der Waals surface area contributed by atoms with Crippen molar-refractivity contribution in [2.75, 3.05) is 39.3 Å². The van der Waals surface area contributed by atoms with E-state index in [0.29, 0.717) is 58.5 Å². The van der Waals surface area contributed by atoms with Gasteiger partial charge < -0.3 is 31.3 Å². The molecule has 3 saturated heterocycles. The fourth-order valence-electron chi connectivity index (χ4n) is 10.6. The van der Waals surface area contributed by atoms with Crippen LogP contribution in [0.4, 0.5) is 0 Å². The Kier molecular flexibility index (Phi) is 15.6. The molecule has 3 aliphatic heterocycles. The SMILES string of the molecule is O=C(O)C(Cc1cncc(-c2cncc(CN(Cc3cncc(-c4cncc(CC(C(=O)O)C5CCNC5)c4)c3)Cc3cncc(-c4cncc(CC(C(=O)O)C5CCNC5)c4)c3)c2)c1)C1CCNC1. The van der Waals surface area contributed by atoms with E-state index < -0.39 is 35.7 Å². The molecule has 6 aromatic rings. The first-order valence-electron chi connectivity index (χ1n) is 24.3. The van der Waals surface area contributed by atoms with Crippen LogP contribution in [0, 0.1) is 35.5 Å². The third kappa shape index (κ3) is 12.3. The smallest absolute Gasteiger partial charge is 0.307 e. The number of carboxylic acids is 3. The number of aliphatic carboxylic acids is 3. The van der Waals surface area contributed by atoms with E-state index in [0.717, 1.165) is 106 Å². The van der Waals surface area contributed by atoms with Gasteiger partial charge in [0.2, 0.25) is 0 Å². The summed E-state index contributed by atoms with van der Waals surface area (Å²) in [7, 11) is 0. The molecular formula is C54H60N10O6. The molecule has 0 amide bonds. The molecule has 0 spiro atoms. The minimum absolute atomic E-state index is 0.0687. The number of carbonyl (C=O) groups is 3. The van der Waals surface area contributed by atoms with Gasteiger partial charge >= 0.3 is 17.9 Å². The Balaban J connectivity index is 0.978. The first-order chi connectivity index (χ1) is 34.1. The largest absolute Gasteiger partial charge is 0.481 e. The molecule has 6 unspecified atom stereocenters. The second-order valence-corrected chi connectivity index (χ2v) is 19.3. The normalized spacial score (nSPS) is 19.2. The lowest BCUT2D eigenvalue weighted by atomic mass is 9.86. The monoisotopic (exact) mass is 944 g/mol. The average molecular weight is 945 g/mol. The van der Waals surface area contributed by atoms with Crippen LogP contribution in [0.15, 0.2) is 111 Å². The summed E-state index contributed by atoms with van der Waals surface area (Å²) < 4.78 is 0. The number of carboxylic acid groups (broad SMARTS) is 3. The van der Waals surface area contributed by atoms with Crippen LogP contribution in [0.1, 0.15) is 52.6 Å². The quantitative estimate of drug-likeness (QED) is 0.0500. The van der Waals surface area contributed by atoms with Gasteiger partial charge in [0.15, 0.2) is 0 Å². The summed E-state index contributed by atoms with van der Waals surface area (Å²) >= 11 is 0. The minimum atomic E-state index is -0.789. The lowest BCUT2D eigenvalue weighted by Gasteiger charge is -2.23. The van der Waals surface area contributed by atoms with Gasteiger partial charge in [-0.25, -0.2) is 0 Å². The van der Waals surface area contributed by atoms with Crippen molar-refractivity contribution in [2.24, 2.45) is 35.5 Å². The molecule has 0 aromatic carbocycles. The number of hydrogen-bond donors (Lipinski definition) is 6. The van der Waals surface area contributed by atoms with Crippen molar-refractivity contribution in [1.82, 2.24) is 50.8 Å². The zero-order chi connectivity index (χ0) is 48.4. The molecule has 362 valence electrons. The van der Waals surface area contributed by atoms with Crippen LogP contribution in [0.5, 0.6) is 0 Å². The summed E-state index contributed by atoms with van der Waals surface area (Å²) in [5.74, 6) is -3.67. The number of nitrogens with zero attached hydrogens (tertiary/aromatic N) is 7. The molecule has 0 aliphatic carbocycles. The molecule has 3 aliphatic rings. The lowest BCUT2D eigenvalue weighted by Crippen LogP contribution is -2.27. The molecule has 3 fully saturated rings. The molecular weight excluding hydrogens is 885 g/mol. The van der Waals surface area contributed by atoms with Gasteiger partial charge in [-0.1, -0.05) is 0 Å².